The number of carboxylic acid groups (broad SMARTS) is 1. The number of nitrogens with one attached hydrogen (secondary N) is 1. The lowest BCUT2D eigenvalue weighted by molar-refractivity contribution is -0.158. The molecule has 1 aliphatic rings. The second-order valence-corrected chi connectivity index (χ2v) is 5.46. The minimum atomic E-state index is -4.47. The molecule has 2 rings (SSSR count). The van der Waals surface area contributed by atoms with Crippen molar-refractivity contribution < 1.29 is 32.7 Å². The summed E-state index contributed by atoms with van der Waals surface area (Å²) < 4.78 is 37.0. The van der Waals surface area contributed by atoms with Crippen LogP contribution in [-0.4, -0.2) is 53.1 Å². The lowest BCUT2D eigenvalue weighted by atomic mass is 10.1. The number of likely N-dealkylation sites (tertiary alicyclic amines) is 1. The van der Waals surface area contributed by atoms with Crippen LogP contribution < -0.4 is 5.32 Å². The number of hydrogen-bond donors (Lipinski definition) is 2. The SMILES string of the molecule is O=C(Cc1ccc(C(=O)O)cc1)NC1CCN(CC(F)(F)F)C1=O. The van der Waals surface area contributed by atoms with Crippen LogP contribution in [0, 0.1) is 0 Å². The van der Waals surface area contributed by atoms with E-state index in [-0.39, 0.29) is 24.9 Å². The van der Waals surface area contributed by atoms with Crippen molar-refractivity contribution in [1.82, 2.24) is 10.2 Å². The molecule has 1 saturated heterocycles. The molecule has 0 saturated carbocycles. The molecular weight excluding hydrogens is 329 g/mol. The van der Waals surface area contributed by atoms with Gasteiger partial charge in [0.2, 0.25) is 11.8 Å². The summed E-state index contributed by atoms with van der Waals surface area (Å²) >= 11 is 0. The van der Waals surface area contributed by atoms with Crippen molar-refractivity contribution in [1.29, 1.82) is 0 Å². The molecule has 1 heterocycles. The number of rotatable bonds is 5. The molecule has 0 bridgehead atoms. The van der Waals surface area contributed by atoms with Crippen LogP contribution in [0.3, 0.4) is 0 Å². The Balaban J connectivity index is 1.88. The van der Waals surface area contributed by atoms with Crippen LogP contribution >= 0.6 is 0 Å². The smallest absolute Gasteiger partial charge is 0.406 e. The maximum atomic E-state index is 12.3. The zero-order valence-electron chi connectivity index (χ0n) is 12.5. The van der Waals surface area contributed by atoms with Gasteiger partial charge in [-0.25, -0.2) is 4.79 Å². The van der Waals surface area contributed by atoms with Gasteiger partial charge in [-0.3, -0.25) is 9.59 Å². The molecule has 2 amide bonds. The van der Waals surface area contributed by atoms with Crippen LogP contribution in [0.1, 0.15) is 22.3 Å². The predicted octanol–water partition coefficient (Wildman–Crippen LogP) is 1.21. The van der Waals surface area contributed by atoms with E-state index >= 15 is 0 Å². The van der Waals surface area contributed by atoms with Crippen LogP contribution in [0.25, 0.3) is 0 Å². The van der Waals surface area contributed by atoms with Crippen molar-refractivity contribution in [2.24, 2.45) is 0 Å². The van der Waals surface area contributed by atoms with E-state index in [1.807, 2.05) is 0 Å². The summed E-state index contributed by atoms with van der Waals surface area (Å²) in [6.07, 6.45) is -4.44. The van der Waals surface area contributed by atoms with Crippen molar-refractivity contribution in [3.63, 3.8) is 0 Å². The Morgan fingerprint density at radius 2 is 1.88 bits per heavy atom. The molecule has 0 radical (unpaired) electrons. The summed E-state index contributed by atoms with van der Waals surface area (Å²) in [5.74, 6) is -2.35. The van der Waals surface area contributed by atoms with Gasteiger partial charge in [-0.05, 0) is 24.1 Å². The molecule has 24 heavy (non-hydrogen) atoms. The van der Waals surface area contributed by atoms with Crippen LogP contribution in [0.5, 0.6) is 0 Å². The Labute approximate surface area is 135 Å². The Hall–Kier alpha value is -2.58. The van der Waals surface area contributed by atoms with E-state index in [1.54, 1.807) is 0 Å². The number of aromatic carboxylic acids is 1. The van der Waals surface area contributed by atoms with Crippen molar-refractivity contribution in [2.75, 3.05) is 13.1 Å². The number of nitrogens with zero attached hydrogens (tertiary/aromatic N) is 1. The number of hydrogen-bond acceptors (Lipinski definition) is 3. The summed E-state index contributed by atoms with van der Waals surface area (Å²) in [6.45, 7) is -1.38. The zero-order valence-corrected chi connectivity index (χ0v) is 12.5. The molecule has 0 aromatic heterocycles. The molecule has 1 atom stereocenters. The number of carbonyl (C=O) groups is 3. The second kappa shape index (κ2) is 6.90. The van der Waals surface area contributed by atoms with Gasteiger partial charge in [0, 0.05) is 6.54 Å². The molecule has 6 nitrogen and oxygen atoms in total. The van der Waals surface area contributed by atoms with E-state index in [1.165, 1.54) is 24.3 Å². The van der Waals surface area contributed by atoms with Gasteiger partial charge in [0.15, 0.2) is 0 Å². The number of halogens is 3. The first-order valence-corrected chi connectivity index (χ1v) is 7.13. The number of carbonyl (C=O) groups excluding carboxylic acids is 2. The first-order chi connectivity index (χ1) is 11.2. The van der Waals surface area contributed by atoms with E-state index in [9.17, 15) is 27.6 Å². The summed E-state index contributed by atoms with van der Waals surface area (Å²) in [5, 5.41) is 11.2. The van der Waals surface area contributed by atoms with Crippen molar-refractivity contribution in [2.45, 2.75) is 25.1 Å². The van der Waals surface area contributed by atoms with Gasteiger partial charge < -0.3 is 15.3 Å². The Kier molecular flexibility index (Phi) is 5.10. The third-order valence-corrected chi connectivity index (χ3v) is 3.57. The van der Waals surface area contributed by atoms with Crippen LogP contribution in [0.15, 0.2) is 24.3 Å². The fourth-order valence-corrected chi connectivity index (χ4v) is 2.44. The fourth-order valence-electron chi connectivity index (χ4n) is 2.44. The highest BCUT2D eigenvalue weighted by Gasteiger charge is 2.39. The maximum absolute atomic E-state index is 12.3. The molecular formula is C15H15F3N2O4. The van der Waals surface area contributed by atoms with Gasteiger partial charge in [0.25, 0.3) is 0 Å². The predicted molar refractivity (Wildman–Crippen MR) is 76.3 cm³/mol. The number of alkyl halides is 3. The monoisotopic (exact) mass is 344 g/mol. The molecule has 2 N–H and O–H groups in total. The standard InChI is InChI=1S/C15H15F3N2O4/c16-15(17,18)8-20-6-5-11(13(20)22)19-12(21)7-9-1-3-10(4-2-9)14(23)24/h1-4,11H,5-8H2,(H,19,21)(H,23,24). The first kappa shape index (κ1) is 17.8. The molecule has 130 valence electrons. The van der Waals surface area contributed by atoms with E-state index in [0.29, 0.717) is 10.5 Å². The maximum Gasteiger partial charge on any atom is 0.406 e. The molecule has 1 fully saturated rings. The topological polar surface area (TPSA) is 86.7 Å². The highest BCUT2D eigenvalue weighted by molar-refractivity contribution is 5.90. The molecule has 1 aromatic rings. The molecule has 0 aliphatic carbocycles. The van der Waals surface area contributed by atoms with Gasteiger partial charge in [-0.15, -0.1) is 0 Å². The molecule has 9 heteroatoms. The third kappa shape index (κ3) is 4.71. The summed E-state index contributed by atoms with van der Waals surface area (Å²) in [4.78, 5) is 35.1. The lowest BCUT2D eigenvalue weighted by Crippen LogP contribution is -2.44. The summed E-state index contributed by atoms with van der Waals surface area (Å²) in [5.41, 5.74) is 0.614. The van der Waals surface area contributed by atoms with Gasteiger partial charge in [0.1, 0.15) is 12.6 Å². The average Bonchev–Trinajstić information content (AvgIpc) is 2.79. The average molecular weight is 344 g/mol. The minimum Gasteiger partial charge on any atom is -0.478 e. The number of amides is 2. The molecule has 1 aliphatic heterocycles. The normalized spacial score (nSPS) is 17.9. The van der Waals surface area contributed by atoms with Crippen molar-refractivity contribution in [3.8, 4) is 0 Å². The molecule has 1 aromatic carbocycles. The van der Waals surface area contributed by atoms with Gasteiger partial charge in [-0.2, -0.15) is 13.2 Å². The van der Waals surface area contributed by atoms with Crippen LogP contribution in [0.4, 0.5) is 13.2 Å². The van der Waals surface area contributed by atoms with Crippen LogP contribution in [0.2, 0.25) is 0 Å². The number of benzene rings is 1. The van der Waals surface area contributed by atoms with Crippen LogP contribution in [-0.2, 0) is 16.0 Å². The van der Waals surface area contributed by atoms with E-state index < -0.39 is 36.5 Å². The van der Waals surface area contributed by atoms with Gasteiger partial charge in [-0.1, -0.05) is 12.1 Å². The Morgan fingerprint density at radius 3 is 2.42 bits per heavy atom. The van der Waals surface area contributed by atoms with Crippen molar-refractivity contribution >= 4 is 17.8 Å². The zero-order chi connectivity index (χ0) is 17.9. The largest absolute Gasteiger partial charge is 0.478 e. The highest BCUT2D eigenvalue weighted by atomic mass is 19.4. The second-order valence-electron chi connectivity index (χ2n) is 5.46. The number of carboxylic acids is 1. The quantitative estimate of drug-likeness (QED) is 0.841. The summed E-state index contributed by atoms with van der Waals surface area (Å²) in [6, 6.07) is 4.66. The van der Waals surface area contributed by atoms with E-state index in [2.05, 4.69) is 5.32 Å². The van der Waals surface area contributed by atoms with E-state index in [0.717, 1.165) is 0 Å². The molecule has 1 unspecified atom stereocenters. The minimum absolute atomic E-state index is 0.0589. The Bertz CT molecular complexity index is 643. The highest BCUT2D eigenvalue weighted by Crippen LogP contribution is 2.21. The Morgan fingerprint density at radius 1 is 1.25 bits per heavy atom. The van der Waals surface area contributed by atoms with E-state index in [4.69, 9.17) is 5.11 Å². The fraction of sp³-hybridized carbons (Fsp3) is 0.400. The van der Waals surface area contributed by atoms with Gasteiger partial charge in [0.05, 0.1) is 12.0 Å². The first-order valence-electron chi connectivity index (χ1n) is 7.13. The van der Waals surface area contributed by atoms with Gasteiger partial charge >= 0.3 is 12.1 Å². The third-order valence-electron chi connectivity index (χ3n) is 3.57. The lowest BCUT2D eigenvalue weighted by Gasteiger charge is -2.18. The van der Waals surface area contributed by atoms with Crippen molar-refractivity contribution in [3.05, 3.63) is 35.4 Å². The molecule has 0 spiro atoms. The summed E-state index contributed by atoms with van der Waals surface area (Å²) in [7, 11) is 0.